The number of methoxy groups -OCH3 is 2. The summed E-state index contributed by atoms with van der Waals surface area (Å²) in [4.78, 5) is 28.0. The monoisotopic (exact) mass is 480 g/mol. The summed E-state index contributed by atoms with van der Waals surface area (Å²) in [5, 5.41) is 2.89. The van der Waals surface area contributed by atoms with Crippen molar-refractivity contribution in [3.05, 3.63) is 95.1 Å². The minimum absolute atomic E-state index is 0.0452. The highest BCUT2D eigenvalue weighted by Gasteiger charge is 2.42. The molecule has 1 heterocycles. The fraction of sp³-hybridized carbons (Fsp3) is 0.259. The Morgan fingerprint density at radius 3 is 2.37 bits per heavy atom. The van der Waals surface area contributed by atoms with Crippen molar-refractivity contribution in [3.63, 3.8) is 0 Å². The van der Waals surface area contributed by atoms with Crippen LogP contribution in [0.25, 0.3) is 0 Å². The highest BCUT2D eigenvalue weighted by Crippen LogP contribution is 2.42. The van der Waals surface area contributed by atoms with Crippen LogP contribution >= 0.6 is 0 Å². The van der Waals surface area contributed by atoms with Gasteiger partial charge in [0, 0.05) is 31.1 Å². The van der Waals surface area contributed by atoms with Gasteiger partial charge in [0.15, 0.2) is 11.5 Å². The van der Waals surface area contributed by atoms with Gasteiger partial charge in [0.25, 0.3) is 5.91 Å². The van der Waals surface area contributed by atoms with Gasteiger partial charge >= 0.3 is 0 Å². The van der Waals surface area contributed by atoms with Gasteiger partial charge in [-0.1, -0.05) is 36.4 Å². The lowest BCUT2D eigenvalue weighted by atomic mass is 9.87. The van der Waals surface area contributed by atoms with Crippen LogP contribution in [-0.2, 0) is 11.3 Å². The molecule has 0 spiro atoms. The van der Waals surface area contributed by atoms with Crippen molar-refractivity contribution in [2.75, 3.05) is 27.3 Å². The molecule has 0 radical (unpaired) electrons. The standard InChI is InChI=1S/C27H26F2N2O4/c1-34-24-9-5-7-19(25(24)35-2)21-15-31(27(33)20-6-3-4-8-23(20)29)16-22(21)26(32)30-14-17-10-12-18(28)13-11-17/h3-13,21-22H,14-16H2,1-2H3,(H,30,32)/t21-,22+/m0/s1. The Balaban J connectivity index is 1.63. The first-order valence-electron chi connectivity index (χ1n) is 11.2. The van der Waals surface area contributed by atoms with Crippen LogP contribution in [0.1, 0.15) is 27.4 Å². The van der Waals surface area contributed by atoms with Crippen LogP contribution in [0.3, 0.4) is 0 Å². The summed E-state index contributed by atoms with van der Waals surface area (Å²) in [6, 6.07) is 17.0. The second-order valence-electron chi connectivity index (χ2n) is 8.33. The Morgan fingerprint density at radius 1 is 0.943 bits per heavy atom. The number of para-hydroxylation sites is 1. The van der Waals surface area contributed by atoms with Gasteiger partial charge in [-0.3, -0.25) is 9.59 Å². The van der Waals surface area contributed by atoms with Gasteiger partial charge in [-0.05, 0) is 35.9 Å². The number of halogens is 2. The third-order valence-electron chi connectivity index (χ3n) is 6.26. The van der Waals surface area contributed by atoms with Gasteiger partial charge in [0.05, 0.1) is 25.7 Å². The SMILES string of the molecule is COc1cccc([C@@H]2CN(C(=O)c3ccccc3F)C[C@H]2C(=O)NCc2ccc(F)cc2)c1OC. The van der Waals surface area contributed by atoms with Crippen molar-refractivity contribution >= 4 is 11.8 Å². The van der Waals surface area contributed by atoms with E-state index in [1.165, 1.54) is 49.5 Å². The molecule has 0 aromatic heterocycles. The van der Waals surface area contributed by atoms with Crippen LogP contribution in [0.15, 0.2) is 66.7 Å². The van der Waals surface area contributed by atoms with Gasteiger partial charge in [-0.15, -0.1) is 0 Å². The third-order valence-corrected chi connectivity index (χ3v) is 6.26. The third kappa shape index (κ3) is 5.11. The maximum absolute atomic E-state index is 14.3. The quantitative estimate of drug-likeness (QED) is 0.552. The number of likely N-dealkylation sites (tertiary alicyclic amines) is 1. The van der Waals surface area contributed by atoms with E-state index in [2.05, 4.69) is 5.32 Å². The zero-order chi connectivity index (χ0) is 24.9. The molecule has 1 fully saturated rings. The summed E-state index contributed by atoms with van der Waals surface area (Å²) in [6.07, 6.45) is 0. The number of amides is 2. The summed E-state index contributed by atoms with van der Waals surface area (Å²) in [7, 11) is 3.04. The maximum atomic E-state index is 14.3. The van der Waals surface area contributed by atoms with Crippen molar-refractivity contribution in [2.24, 2.45) is 5.92 Å². The molecule has 1 N–H and O–H groups in total. The average Bonchev–Trinajstić information content (AvgIpc) is 3.33. The smallest absolute Gasteiger partial charge is 0.256 e. The van der Waals surface area contributed by atoms with Crippen LogP contribution in [0, 0.1) is 17.6 Å². The highest BCUT2D eigenvalue weighted by molar-refractivity contribution is 5.95. The summed E-state index contributed by atoms with van der Waals surface area (Å²) in [6.45, 7) is 0.512. The molecule has 1 aliphatic rings. The predicted molar refractivity (Wildman–Crippen MR) is 126 cm³/mol. The van der Waals surface area contributed by atoms with Crippen molar-refractivity contribution in [1.82, 2.24) is 10.2 Å². The summed E-state index contributed by atoms with van der Waals surface area (Å²) in [5.74, 6) is -1.76. The number of hydrogen-bond donors (Lipinski definition) is 1. The highest BCUT2D eigenvalue weighted by atomic mass is 19.1. The van der Waals surface area contributed by atoms with Crippen molar-refractivity contribution in [2.45, 2.75) is 12.5 Å². The maximum Gasteiger partial charge on any atom is 0.256 e. The zero-order valence-corrected chi connectivity index (χ0v) is 19.5. The summed E-state index contributed by atoms with van der Waals surface area (Å²) in [5.41, 5.74) is 1.42. The van der Waals surface area contributed by atoms with Gasteiger partial charge < -0.3 is 19.7 Å². The van der Waals surface area contributed by atoms with E-state index >= 15 is 0 Å². The van der Waals surface area contributed by atoms with Crippen molar-refractivity contribution in [3.8, 4) is 11.5 Å². The fourth-order valence-electron chi connectivity index (χ4n) is 4.48. The number of hydrogen-bond acceptors (Lipinski definition) is 4. The van der Waals surface area contributed by atoms with Gasteiger partial charge in [-0.25, -0.2) is 8.78 Å². The number of benzene rings is 3. The second-order valence-corrected chi connectivity index (χ2v) is 8.33. The molecule has 0 unspecified atom stereocenters. The van der Waals surface area contributed by atoms with Gasteiger partial charge in [-0.2, -0.15) is 0 Å². The molecule has 1 aliphatic heterocycles. The number of nitrogens with one attached hydrogen (secondary N) is 1. The lowest BCUT2D eigenvalue weighted by molar-refractivity contribution is -0.125. The molecule has 2 atom stereocenters. The molecule has 0 aliphatic carbocycles. The zero-order valence-electron chi connectivity index (χ0n) is 19.5. The Kier molecular flexibility index (Phi) is 7.29. The van der Waals surface area contributed by atoms with Gasteiger partial charge in [0.2, 0.25) is 5.91 Å². The summed E-state index contributed by atoms with van der Waals surface area (Å²) >= 11 is 0. The molecule has 2 amide bonds. The minimum Gasteiger partial charge on any atom is -0.493 e. The number of carbonyl (C=O) groups is 2. The molecule has 3 aromatic carbocycles. The normalized spacial score (nSPS) is 17.2. The van der Waals surface area contributed by atoms with E-state index in [0.29, 0.717) is 11.5 Å². The van der Waals surface area contributed by atoms with E-state index < -0.39 is 23.6 Å². The Hall–Kier alpha value is -3.94. The van der Waals surface area contributed by atoms with Gasteiger partial charge in [0.1, 0.15) is 11.6 Å². The minimum atomic E-state index is -0.618. The molecule has 0 saturated carbocycles. The molecule has 0 bridgehead atoms. The number of carbonyl (C=O) groups excluding carboxylic acids is 2. The van der Waals surface area contributed by atoms with E-state index in [9.17, 15) is 18.4 Å². The molecule has 35 heavy (non-hydrogen) atoms. The van der Waals surface area contributed by atoms with E-state index in [4.69, 9.17) is 9.47 Å². The number of ether oxygens (including phenoxy) is 2. The largest absolute Gasteiger partial charge is 0.493 e. The predicted octanol–water partition coefficient (Wildman–Crippen LogP) is 4.15. The van der Waals surface area contributed by atoms with Crippen LogP contribution in [0.4, 0.5) is 8.78 Å². The van der Waals surface area contributed by atoms with Crippen LogP contribution in [0.5, 0.6) is 11.5 Å². The van der Waals surface area contributed by atoms with Crippen LogP contribution in [0.2, 0.25) is 0 Å². The Labute approximate surface area is 202 Å². The van der Waals surface area contributed by atoms with E-state index in [-0.39, 0.29) is 36.9 Å². The van der Waals surface area contributed by atoms with E-state index in [1.54, 1.807) is 30.3 Å². The number of rotatable bonds is 7. The van der Waals surface area contributed by atoms with Crippen molar-refractivity contribution in [1.29, 1.82) is 0 Å². The molecular formula is C27H26F2N2O4. The molecule has 6 nitrogen and oxygen atoms in total. The van der Waals surface area contributed by atoms with Crippen molar-refractivity contribution < 1.29 is 27.8 Å². The first-order chi connectivity index (χ1) is 16.9. The van der Waals surface area contributed by atoms with Crippen LogP contribution < -0.4 is 14.8 Å². The number of nitrogens with zero attached hydrogens (tertiary/aromatic N) is 1. The Bertz CT molecular complexity index is 1220. The topological polar surface area (TPSA) is 67.9 Å². The molecule has 182 valence electrons. The molecule has 3 aromatic rings. The Morgan fingerprint density at radius 2 is 1.69 bits per heavy atom. The lowest BCUT2D eigenvalue weighted by Gasteiger charge is -2.21. The van der Waals surface area contributed by atoms with E-state index in [1.807, 2.05) is 6.07 Å². The fourth-order valence-corrected chi connectivity index (χ4v) is 4.48. The first-order valence-corrected chi connectivity index (χ1v) is 11.2. The van der Waals surface area contributed by atoms with Crippen LogP contribution in [-0.4, -0.2) is 44.0 Å². The molecular weight excluding hydrogens is 454 g/mol. The molecule has 8 heteroatoms. The average molecular weight is 481 g/mol. The summed E-state index contributed by atoms with van der Waals surface area (Å²) < 4.78 is 38.6. The van der Waals surface area contributed by atoms with E-state index in [0.717, 1.165) is 11.1 Å². The molecule has 4 rings (SSSR count). The second kappa shape index (κ2) is 10.5. The lowest BCUT2D eigenvalue weighted by Crippen LogP contribution is -2.35. The first kappa shape index (κ1) is 24.2. The molecule has 1 saturated heterocycles.